The van der Waals surface area contributed by atoms with Crippen LogP contribution < -0.4 is 9.47 Å². The molecule has 0 aliphatic rings. The topological polar surface area (TPSA) is 87.4 Å². The minimum absolute atomic E-state index is 0.0940. The monoisotopic (exact) mass is 309 g/mol. The Bertz CT molecular complexity index is 706. The van der Waals surface area contributed by atoms with Crippen molar-refractivity contribution in [2.45, 2.75) is 13.8 Å². The van der Waals surface area contributed by atoms with E-state index >= 15 is 0 Å². The van der Waals surface area contributed by atoms with Gasteiger partial charge in [-0.05, 0) is 26.0 Å². The van der Waals surface area contributed by atoms with Crippen molar-refractivity contribution in [3.63, 3.8) is 0 Å². The molecular formula is C13H12ClN3O4. The van der Waals surface area contributed by atoms with Crippen molar-refractivity contribution >= 4 is 17.3 Å². The molecule has 0 N–H and O–H groups in total. The number of nitrogens with zero attached hydrogens (tertiary/aromatic N) is 3. The van der Waals surface area contributed by atoms with Gasteiger partial charge in [0.2, 0.25) is 0 Å². The lowest BCUT2D eigenvalue weighted by atomic mass is 10.3. The number of halogens is 1. The Morgan fingerprint density at radius 3 is 2.52 bits per heavy atom. The van der Waals surface area contributed by atoms with E-state index in [1.165, 1.54) is 25.3 Å². The number of rotatable bonds is 4. The molecule has 0 atom stereocenters. The van der Waals surface area contributed by atoms with Crippen LogP contribution in [0.1, 0.15) is 11.4 Å². The first kappa shape index (κ1) is 15.0. The predicted molar refractivity (Wildman–Crippen MR) is 76.2 cm³/mol. The maximum Gasteiger partial charge on any atom is 0.314 e. The van der Waals surface area contributed by atoms with Gasteiger partial charge in [-0.25, -0.2) is 9.97 Å². The molecular weight excluding hydrogens is 298 g/mol. The van der Waals surface area contributed by atoms with Gasteiger partial charge < -0.3 is 9.47 Å². The number of ether oxygens (including phenoxy) is 2. The Labute approximate surface area is 125 Å². The molecule has 0 radical (unpaired) electrons. The first-order chi connectivity index (χ1) is 9.92. The average Bonchev–Trinajstić information content (AvgIpc) is 2.44. The SMILES string of the molecule is COc1ccc(Oc2nc(C)c(C)nc2Cl)cc1[N+](=O)[O-]. The summed E-state index contributed by atoms with van der Waals surface area (Å²) in [7, 11) is 1.36. The van der Waals surface area contributed by atoms with Crippen molar-refractivity contribution in [1.82, 2.24) is 9.97 Å². The highest BCUT2D eigenvalue weighted by Gasteiger charge is 2.17. The molecule has 0 unspecified atom stereocenters. The summed E-state index contributed by atoms with van der Waals surface area (Å²) in [6, 6.07) is 4.21. The summed E-state index contributed by atoms with van der Waals surface area (Å²) >= 11 is 5.96. The Morgan fingerprint density at radius 1 is 1.24 bits per heavy atom. The third-order valence-electron chi connectivity index (χ3n) is 2.80. The normalized spacial score (nSPS) is 10.3. The summed E-state index contributed by atoms with van der Waals surface area (Å²) in [5, 5.41) is 11.1. The predicted octanol–water partition coefficient (Wildman–Crippen LogP) is 3.46. The molecule has 0 amide bonds. The van der Waals surface area contributed by atoms with Crippen LogP contribution in [0, 0.1) is 24.0 Å². The van der Waals surface area contributed by atoms with Crippen LogP contribution in [0.4, 0.5) is 5.69 Å². The third-order valence-corrected chi connectivity index (χ3v) is 3.04. The lowest BCUT2D eigenvalue weighted by molar-refractivity contribution is -0.385. The summed E-state index contributed by atoms with van der Waals surface area (Å²) in [4.78, 5) is 18.7. The molecule has 0 spiro atoms. The number of aromatic nitrogens is 2. The number of hydrogen-bond donors (Lipinski definition) is 0. The van der Waals surface area contributed by atoms with Gasteiger partial charge in [-0.1, -0.05) is 11.6 Å². The standard InChI is InChI=1S/C13H12ClN3O4/c1-7-8(2)16-13(12(14)15-7)21-9-4-5-11(20-3)10(6-9)17(18)19/h4-6H,1-3H3. The van der Waals surface area contributed by atoms with Crippen molar-refractivity contribution < 1.29 is 14.4 Å². The highest BCUT2D eigenvalue weighted by atomic mass is 35.5. The Hall–Kier alpha value is -2.41. The molecule has 0 saturated heterocycles. The Kier molecular flexibility index (Phi) is 4.23. The second-order valence-electron chi connectivity index (χ2n) is 4.18. The highest BCUT2D eigenvalue weighted by Crippen LogP contribution is 2.34. The average molecular weight is 310 g/mol. The number of hydrogen-bond acceptors (Lipinski definition) is 6. The molecule has 8 heteroatoms. The first-order valence-electron chi connectivity index (χ1n) is 5.93. The van der Waals surface area contributed by atoms with Gasteiger partial charge in [-0.2, -0.15) is 0 Å². The van der Waals surface area contributed by atoms with Gasteiger partial charge in [0.05, 0.1) is 29.5 Å². The van der Waals surface area contributed by atoms with Crippen molar-refractivity contribution in [2.24, 2.45) is 0 Å². The Morgan fingerprint density at radius 2 is 1.90 bits per heavy atom. The van der Waals surface area contributed by atoms with Gasteiger partial charge >= 0.3 is 5.69 Å². The molecule has 2 rings (SSSR count). The van der Waals surface area contributed by atoms with Gasteiger partial charge in [-0.3, -0.25) is 10.1 Å². The molecule has 21 heavy (non-hydrogen) atoms. The van der Waals surface area contributed by atoms with Crippen molar-refractivity contribution in [3.05, 3.63) is 44.9 Å². The van der Waals surface area contributed by atoms with Crippen molar-refractivity contribution in [1.29, 1.82) is 0 Å². The van der Waals surface area contributed by atoms with E-state index in [0.717, 1.165) is 0 Å². The largest absolute Gasteiger partial charge is 0.490 e. The van der Waals surface area contributed by atoms with Gasteiger partial charge in [0.15, 0.2) is 10.9 Å². The smallest absolute Gasteiger partial charge is 0.314 e. The van der Waals surface area contributed by atoms with Crippen LogP contribution in [0.2, 0.25) is 5.15 Å². The van der Waals surface area contributed by atoms with Gasteiger partial charge in [0, 0.05) is 0 Å². The molecule has 0 aliphatic heterocycles. The van der Waals surface area contributed by atoms with Crippen LogP contribution in [-0.2, 0) is 0 Å². The van der Waals surface area contributed by atoms with E-state index in [0.29, 0.717) is 11.4 Å². The van der Waals surface area contributed by atoms with Crippen LogP contribution in [0.25, 0.3) is 0 Å². The van der Waals surface area contributed by atoms with E-state index < -0.39 is 4.92 Å². The summed E-state index contributed by atoms with van der Waals surface area (Å²) in [5.74, 6) is 0.464. The van der Waals surface area contributed by atoms with Crippen molar-refractivity contribution in [3.8, 4) is 17.4 Å². The highest BCUT2D eigenvalue weighted by molar-refractivity contribution is 6.30. The van der Waals surface area contributed by atoms with Crippen LogP contribution in [-0.4, -0.2) is 22.0 Å². The molecule has 0 saturated carbocycles. The fraction of sp³-hybridized carbons (Fsp3) is 0.231. The molecule has 7 nitrogen and oxygen atoms in total. The minimum atomic E-state index is -0.556. The van der Waals surface area contributed by atoms with E-state index in [1.54, 1.807) is 13.8 Å². The number of aryl methyl sites for hydroxylation is 2. The number of nitro benzene ring substituents is 1. The number of nitro groups is 1. The molecule has 1 aromatic heterocycles. The fourth-order valence-electron chi connectivity index (χ4n) is 1.61. The molecule has 2 aromatic rings. The van der Waals surface area contributed by atoms with Crippen molar-refractivity contribution in [2.75, 3.05) is 7.11 Å². The number of benzene rings is 1. The summed E-state index contributed by atoms with van der Waals surface area (Å²) < 4.78 is 10.4. The van der Waals surface area contributed by atoms with Crippen LogP contribution in [0.15, 0.2) is 18.2 Å². The molecule has 0 aliphatic carbocycles. The first-order valence-corrected chi connectivity index (χ1v) is 6.31. The summed E-state index contributed by atoms with van der Waals surface area (Å²) in [5.41, 5.74) is 1.15. The fourth-order valence-corrected chi connectivity index (χ4v) is 1.82. The lowest BCUT2D eigenvalue weighted by Crippen LogP contribution is -1.98. The quantitative estimate of drug-likeness (QED) is 0.635. The van der Waals surface area contributed by atoms with Gasteiger partial charge in [0.1, 0.15) is 5.75 Å². The lowest BCUT2D eigenvalue weighted by Gasteiger charge is -2.09. The zero-order valence-electron chi connectivity index (χ0n) is 11.6. The van der Waals surface area contributed by atoms with Crippen LogP contribution in [0.5, 0.6) is 17.4 Å². The van der Waals surface area contributed by atoms with E-state index in [9.17, 15) is 10.1 Å². The van der Waals surface area contributed by atoms with E-state index in [1.807, 2.05) is 0 Å². The van der Waals surface area contributed by atoms with E-state index in [2.05, 4.69) is 9.97 Å². The van der Waals surface area contributed by atoms with E-state index in [4.69, 9.17) is 21.1 Å². The van der Waals surface area contributed by atoms with Crippen LogP contribution in [0.3, 0.4) is 0 Å². The molecule has 0 bridgehead atoms. The van der Waals surface area contributed by atoms with E-state index in [-0.39, 0.29) is 28.2 Å². The second-order valence-corrected chi connectivity index (χ2v) is 4.54. The third kappa shape index (κ3) is 3.19. The Balaban J connectivity index is 2.38. The number of methoxy groups -OCH3 is 1. The molecule has 1 heterocycles. The molecule has 1 aromatic carbocycles. The zero-order chi connectivity index (χ0) is 15.6. The summed E-state index contributed by atoms with van der Waals surface area (Å²) in [6.07, 6.45) is 0. The molecule has 0 fully saturated rings. The van der Waals surface area contributed by atoms with Gasteiger partial charge in [0.25, 0.3) is 5.88 Å². The maximum absolute atomic E-state index is 11.0. The minimum Gasteiger partial charge on any atom is -0.490 e. The zero-order valence-corrected chi connectivity index (χ0v) is 12.3. The van der Waals surface area contributed by atoms with Gasteiger partial charge in [-0.15, -0.1) is 0 Å². The summed E-state index contributed by atoms with van der Waals surface area (Å²) in [6.45, 7) is 3.54. The maximum atomic E-state index is 11.0. The second kappa shape index (κ2) is 5.92. The van der Waals surface area contributed by atoms with Crippen LogP contribution >= 0.6 is 11.6 Å². The molecule has 110 valence electrons.